The molecule has 6 nitrogen and oxygen atoms in total. The van der Waals surface area contributed by atoms with Crippen LogP contribution in [0.15, 0.2) is 53.2 Å². The lowest BCUT2D eigenvalue weighted by atomic mass is 10.2. The van der Waals surface area contributed by atoms with Gasteiger partial charge in [0.1, 0.15) is 5.75 Å². The average molecular weight is 312 g/mol. The molecule has 0 unspecified atom stereocenters. The van der Waals surface area contributed by atoms with Crippen molar-refractivity contribution in [3.05, 3.63) is 54.5 Å². The van der Waals surface area contributed by atoms with Crippen molar-refractivity contribution in [2.45, 2.75) is 6.92 Å². The van der Waals surface area contributed by atoms with Crippen LogP contribution in [-0.2, 0) is 4.79 Å². The second-order valence-corrected chi connectivity index (χ2v) is 5.34. The molecule has 1 aromatic heterocycles. The molecule has 0 aliphatic carbocycles. The van der Waals surface area contributed by atoms with E-state index < -0.39 is 0 Å². The minimum atomic E-state index is -0.357. The third kappa shape index (κ3) is 3.11. The number of benzene rings is 1. The maximum atomic E-state index is 12.1. The number of nitrogens with zero attached hydrogens (tertiary/aromatic N) is 1. The van der Waals surface area contributed by atoms with Gasteiger partial charge < -0.3 is 19.4 Å². The SMILES string of the molecule is C=C(C)CN1C(=O)COc2ccc(NC(=O)c3ccco3)cc21. The molecule has 1 N–H and O–H groups in total. The van der Waals surface area contributed by atoms with Crippen LogP contribution < -0.4 is 15.0 Å². The number of rotatable bonds is 4. The molecule has 0 atom stereocenters. The van der Waals surface area contributed by atoms with Crippen molar-refractivity contribution in [1.29, 1.82) is 0 Å². The lowest BCUT2D eigenvalue weighted by Crippen LogP contribution is -2.39. The summed E-state index contributed by atoms with van der Waals surface area (Å²) in [6, 6.07) is 8.37. The van der Waals surface area contributed by atoms with E-state index in [4.69, 9.17) is 9.15 Å². The van der Waals surface area contributed by atoms with Crippen molar-refractivity contribution >= 4 is 23.2 Å². The number of anilines is 2. The summed E-state index contributed by atoms with van der Waals surface area (Å²) in [5.74, 6) is 0.315. The van der Waals surface area contributed by atoms with Crippen LogP contribution >= 0.6 is 0 Å². The van der Waals surface area contributed by atoms with Crippen molar-refractivity contribution in [2.75, 3.05) is 23.4 Å². The van der Waals surface area contributed by atoms with E-state index in [1.54, 1.807) is 35.2 Å². The molecule has 3 rings (SSSR count). The van der Waals surface area contributed by atoms with E-state index in [1.165, 1.54) is 6.26 Å². The third-order valence-electron chi connectivity index (χ3n) is 3.33. The van der Waals surface area contributed by atoms with Gasteiger partial charge in [0, 0.05) is 12.2 Å². The Balaban J connectivity index is 1.87. The molecule has 1 aliphatic rings. The Morgan fingerprint density at radius 1 is 1.39 bits per heavy atom. The molecule has 2 amide bonds. The predicted octanol–water partition coefficient (Wildman–Crippen LogP) is 2.83. The van der Waals surface area contributed by atoms with Gasteiger partial charge in [0.05, 0.1) is 12.0 Å². The number of carbonyl (C=O) groups excluding carboxylic acids is 2. The van der Waals surface area contributed by atoms with E-state index in [1.807, 2.05) is 6.92 Å². The van der Waals surface area contributed by atoms with Crippen molar-refractivity contribution in [3.8, 4) is 5.75 Å². The van der Waals surface area contributed by atoms with E-state index >= 15 is 0 Å². The predicted molar refractivity (Wildman–Crippen MR) is 85.8 cm³/mol. The van der Waals surface area contributed by atoms with Crippen LogP contribution in [0.5, 0.6) is 5.75 Å². The number of hydrogen-bond acceptors (Lipinski definition) is 4. The first kappa shape index (κ1) is 14.9. The zero-order chi connectivity index (χ0) is 16.4. The lowest BCUT2D eigenvalue weighted by molar-refractivity contribution is -0.121. The van der Waals surface area contributed by atoms with E-state index in [0.717, 1.165) is 5.57 Å². The van der Waals surface area contributed by atoms with Crippen LogP contribution in [0.1, 0.15) is 17.5 Å². The second-order valence-electron chi connectivity index (χ2n) is 5.34. The first-order chi connectivity index (χ1) is 11.0. The summed E-state index contributed by atoms with van der Waals surface area (Å²) in [6.07, 6.45) is 1.43. The van der Waals surface area contributed by atoms with Crippen LogP contribution in [0.2, 0.25) is 0 Å². The Morgan fingerprint density at radius 3 is 2.91 bits per heavy atom. The van der Waals surface area contributed by atoms with Crippen molar-refractivity contribution in [3.63, 3.8) is 0 Å². The molecule has 0 saturated heterocycles. The molecule has 0 saturated carbocycles. The maximum absolute atomic E-state index is 12.1. The minimum absolute atomic E-state index is 0.00161. The molecule has 2 aromatic rings. The van der Waals surface area contributed by atoms with Gasteiger partial charge in [-0.3, -0.25) is 9.59 Å². The number of amides is 2. The average Bonchev–Trinajstić information content (AvgIpc) is 3.04. The maximum Gasteiger partial charge on any atom is 0.291 e. The van der Waals surface area contributed by atoms with Gasteiger partial charge in [-0.15, -0.1) is 0 Å². The topological polar surface area (TPSA) is 71.8 Å². The summed E-state index contributed by atoms with van der Waals surface area (Å²) in [6.45, 7) is 6.10. The Labute approximate surface area is 133 Å². The van der Waals surface area contributed by atoms with Gasteiger partial charge in [0.15, 0.2) is 12.4 Å². The summed E-state index contributed by atoms with van der Waals surface area (Å²) in [5.41, 5.74) is 2.02. The zero-order valence-corrected chi connectivity index (χ0v) is 12.7. The molecular weight excluding hydrogens is 296 g/mol. The number of ether oxygens (including phenoxy) is 1. The summed E-state index contributed by atoms with van der Waals surface area (Å²) in [7, 11) is 0. The standard InChI is InChI=1S/C17H16N2O4/c1-11(2)9-19-13-8-12(5-6-14(13)23-10-16(19)20)18-17(21)15-4-3-7-22-15/h3-8H,1,9-10H2,2H3,(H,18,21). The van der Waals surface area contributed by atoms with E-state index in [-0.39, 0.29) is 24.2 Å². The van der Waals surface area contributed by atoms with Crippen molar-refractivity contribution < 1.29 is 18.7 Å². The highest BCUT2D eigenvalue weighted by atomic mass is 16.5. The summed E-state index contributed by atoms with van der Waals surface area (Å²) >= 11 is 0. The zero-order valence-electron chi connectivity index (χ0n) is 12.7. The Morgan fingerprint density at radius 2 is 2.22 bits per heavy atom. The van der Waals surface area contributed by atoms with Crippen LogP contribution in [0.25, 0.3) is 0 Å². The number of hydrogen-bond donors (Lipinski definition) is 1. The first-order valence-electron chi connectivity index (χ1n) is 7.11. The van der Waals surface area contributed by atoms with Crippen LogP contribution in [0.4, 0.5) is 11.4 Å². The first-order valence-corrected chi connectivity index (χ1v) is 7.11. The molecule has 118 valence electrons. The Hall–Kier alpha value is -3.02. The van der Waals surface area contributed by atoms with E-state index in [2.05, 4.69) is 11.9 Å². The smallest absolute Gasteiger partial charge is 0.291 e. The highest BCUT2D eigenvalue weighted by Gasteiger charge is 2.26. The van der Waals surface area contributed by atoms with Crippen LogP contribution in [-0.4, -0.2) is 25.0 Å². The monoisotopic (exact) mass is 312 g/mol. The molecule has 6 heteroatoms. The molecule has 2 heterocycles. The van der Waals surface area contributed by atoms with Gasteiger partial charge in [-0.25, -0.2) is 0 Å². The number of fused-ring (bicyclic) bond motifs is 1. The van der Waals surface area contributed by atoms with Crippen molar-refractivity contribution in [2.24, 2.45) is 0 Å². The highest BCUT2D eigenvalue weighted by Crippen LogP contribution is 2.35. The fraction of sp³-hybridized carbons (Fsp3) is 0.176. The van der Waals surface area contributed by atoms with Crippen LogP contribution in [0.3, 0.4) is 0 Å². The molecule has 1 aromatic carbocycles. The summed E-state index contributed by atoms with van der Waals surface area (Å²) in [5, 5.41) is 2.73. The fourth-order valence-corrected chi connectivity index (χ4v) is 2.32. The fourth-order valence-electron chi connectivity index (χ4n) is 2.32. The second kappa shape index (κ2) is 6.00. The Bertz CT molecular complexity index is 765. The third-order valence-corrected chi connectivity index (χ3v) is 3.33. The quantitative estimate of drug-likeness (QED) is 0.881. The minimum Gasteiger partial charge on any atom is -0.482 e. The van der Waals surface area contributed by atoms with Gasteiger partial charge >= 0.3 is 0 Å². The summed E-state index contributed by atoms with van der Waals surface area (Å²) in [4.78, 5) is 25.7. The molecule has 0 spiro atoms. The molecule has 1 aliphatic heterocycles. The van der Waals surface area contributed by atoms with E-state index in [0.29, 0.717) is 23.7 Å². The van der Waals surface area contributed by atoms with Crippen molar-refractivity contribution in [1.82, 2.24) is 0 Å². The molecule has 0 fully saturated rings. The van der Waals surface area contributed by atoms with Crippen LogP contribution in [0, 0.1) is 0 Å². The molecule has 0 bridgehead atoms. The number of nitrogens with one attached hydrogen (secondary N) is 1. The molecule has 0 radical (unpaired) electrons. The number of carbonyl (C=O) groups is 2. The highest BCUT2D eigenvalue weighted by molar-refractivity contribution is 6.04. The van der Waals surface area contributed by atoms with Gasteiger partial charge in [-0.1, -0.05) is 12.2 Å². The normalized spacial score (nSPS) is 13.3. The molecular formula is C17H16N2O4. The summed E-state index contributed by atoms with van der Waals surface area (Å²) < 4.78 is 10.5. The van der Waals surface area contributed by atoms with E-state index in [9.17, 15) is 9.59 Å². The number of furan rings is 1. The lowest BCUT2D eigenvalue weighted by Gasteiger charge is -2.30. The van der Waals surface area contributed by atoms with Gasteiger partial charge in [0.25, 0.3) is 11.8 Å². The van der Waals surface area contributed by atoms with Gasteiger partial charge in [-0.05, 0) is 37.3 Å². The largest absolute Gasteiger partial charge is 0.482 e. The Kier molecular flexibility index (Phi) is 3.89. The molecule has 23 heavy (non-hydrogen) atoms. The van der Waals surface area contributed by atoms with Gasteiger partial charge in [-0.2, -0.15) is 0 Å². The van der Waals surface area contributed by atoms with Gasteiger partial charge in [0.2, 0.25) is 0 Å².